The topological polar surface area (TPSA) is 49.3 Å². The van der Waals surface area contributed by atoms with Crippen LogP contribution in [0.4, 0.5) is 5.69 Å². The molecule has 1 heterocycles. The van der Waals surface area contributed by atoms with E-state index >= 15 is 0 Å². The van der Waals surface area contributed by atoms with E-state index in [2.05, 4.69) is 17.2 Å². The fourth-order valence-corrected chi connectivity index (χ4v) is 2.37. The number of hydrogen-bond donors (Lipinski definition) is 2. The van der Waals surface area contributed by atoms with Gasteiger partial charge in [-0.05, 0) is 42.1 Å². The van der Waals surface area contributed by atoms with E-state index in [9.17, 15) is 4.79 Å². The van der Waals surface area contributed by atoms with Crippen LogP contribution in [0.15, 0.2) is 35.7 Å². The van der Waals surface area contributed by atoms with Crippen molar-refractivity contribution in [3.05, 3.63) is 51.7 Å². The number of carbonyl (C=O) groups excluding carboxylic acids is 1. The molecule has 4 heteroatoms. The van der Waals surface area contributed by atoms with Crippen LogP contribution in [0.2, 0.25) is 0 Å². The monoisotopic (exact) mass is 285 g/mol. The van der Waals surface area contributed by atoms with Crippen LogP contribution in [0.5, 0.6) is 0 Å². The number of hydrogen-bond acceptors (Lipinski definition) is 3. The molecule has 0 aliphatic rings. The Labute approximate surface area is 122 Å². The third kappa shape index (κ3) is 3.95. The molecule has 0 spiro atoms. The van der Waals surface area contributed by atoms with Crippen molar-refractivity contribution in [2.75, 3.05) is 11.9 Å². The Morgan fingerprint density at radius 2 is 2.25 bits per heavy atom. The summed E-state index contributed by atoms with van der Waals surface area (Å²) in [6.07, 6.45) is 0.449. The molecule has 2 N–H and O–H groups in total. The zero-order chi connectivity index (χ0) is 14.4. The average Bonchev–Trinajstić information content (AvgIpc) is 2.92. The molecule has 0 bridgehead atoms. The summed E-state index contributed by atoms with van der Waals surface area (Å²) in [7, 11) is 0. The summed E-state index contributed by atoms with van der Waals surface area (Å²) < 4.78 is 0. The molecule has 1 aromatic heterocycles. The highest BCUT2D eigenvalue weighted by atomic mass is 32.1. The van der Waals surface area contributed by atoms with Gasteiger partial charge >= 0.3 is 0 Å². The standard InChI is InChI=1S/C16H15NO2S/c1-12-9-13(5-2-3-7-18)11-14(10-12)17-16(19)15-6-4-8-20-15/h4,6,8-11,18H,3,7H2,1H3,(H,17,19). The van der Waals surface area contributed by atoms with Crippen LogP contribution >= 0.6 is 11.3 Å². The summed E-state index contributed by atoms with van der Waals surface area (Å²) in [6, 6.07) is 9.33. The van der Waals surface area contributed by atoms with E-state index in [-0.39, 0.29) is 12.5 Å². The third-order valence-corrected chi connectivity index (χ3v) is 3.42. The number of benzene rings is 1. The summed E-state index contributed by atoms with van der Waals surface area (Å²) in [5.74, 6) is 5.74. The number of aryl methyl sites for hydroxylation is 1. The average molecular weight is 285 g/mol. The van der Waals surface area contributed by atoms with Gasteiger partial charge in [0.15, 0.2) is 0 Å². The van der Waals surface area contributed by atoms with Gasteiger partial charge in [-0.2, -0.15) is 0 Å². The van der Waals surface area contributed by atoms with Gasteiger partial charge < -0.3 is 10.4 Å². The largest absolute Gasteiger partial charge is 0.395 e. The first-order chi connectivity index (χ1) is 9.69. The van der Waals surface area contributed by atoms with Gasteiger partial charge in [0.1, 0.15) is 0 Å². The maximum absolute atomic E-state index is 12.0. The number of aliphatic hydroxyl groups excluding tert-OH is 1. The lowest BCUT2D eigenvalue weighted by Crippen LogP contribution is -2.10. The van der Waals surface area contributed by atoms with E-state index in [1.807, 2.05) is 36.6 Å². The Morgan fingerprint density at radius 1 is 1.40 bits per heavy atom. The molecule has 102 valence electrons. The van der Waals surface area contributed by atoms with Crippen molar-refractivity contribution in [1.82, 2.24) is 0 Å². The molecule has 2 rings (SSSR count). The summed E-state index contributed by atoms with van der Waals surface area (Å²) >= 11 is 1.41. The zero-order valence-electron chi connectivity index (χ0n) is 11.1. The summed E-state index contributed by atoms with van der Waals surface area (Å²) in [5.41, 5.74) is 2.60. The van der Waals surface area contributed by atoms with Crippen molar-refractivity contribution in [1.29, 1.82) is 0 Å². The van der Waals surface area contributed by atoms with E-state index < -0.39 is 0 Å². The maximum atomic E-state index is 12.0. The maximum Gasteiger partial charge on any atom is 0.265 e. The molecule has 0 fully saturated rings. The number of rotatable bonds is 3. The molecule has 1 amide bonds. The van der Waals surface area contributed by atoms with Crippen molar-refractivity contribution in [3.63, 3.8) is 0 Å². The molecule has 0 aliphatic carbocycles. The molecular weight excluding hydrogens is 270 g/mol. The molecule has 0 aliphatic heterocycles. The summed E-state index contributed by atoms with van der Waals surface area (Å²) in [6.45, 7) is 2.01. The van der Waals surface area contributed by atoms with Gasteiger partial charge in [0, 0.05) is 17.7 Å². The van der Waals surface area contributed by atoms with Crippen LogP contribution in [0, 0.1) is 18.8 Å². The lowest BCUT2D eigenvalue weighted by atomic mass is 10.1. The van der Waals surface area contributed by atoms with Gasteiger partial charge in [0.25, 0.3) is 5.91 Å². The van der Waals surface area contributed by atoms with Gasteiger partial charge in [-0.3, -0.25) is 4.79 Å². The predicted octanol–water partition coefficient (Wildman–Crippen LogP) is 3.04. The normalized spacial score (nSPS) is 9.70. The quantitative estimate of drug-likeness (QED) is 0.852. The summed E-state index contributed by atoms with van der Waals surface area (Å²) in [4.78, 5) is 12.7. The molecule has 0 saturated carbocycles. The molecule has 0 radical (unpaired) electrons. The van der Waals surface area contributed by atoms with Gasteiger partial charge in [-0.25, -0.2) is 0 Å². The van der Waals surface area contributed by atoms with Gasteiger partial charge in [0.05, 0.1) is 11.5 Å². The Balaban J connectivity index is 2.16. The van der Waals surface area contributed by atoms with E-state index in [1.54, 1.807) is 6.07 Å². The number of carbonyl (C=O) groups is 1. The molecule has 20 heavy (non-hydrogen) atoms. The van der Waals surface area contributed by atoms with Crippen molar-refractivity contribution >= 4 is 22.9 Å². The Hall–Kier alpha value is -2.09. The lowest BCUT2D eigenvalue weighted by molar-refractivity contribution is 0.103. The second-order valence-electron chi connectivity index (χ2n) is 4.29. The van der Waals surface area contributed by atoms with Crippen LogP contribution in [0.1, 0.15) is 27.2 Å². The minimum Gasteiger partial charge on any atom is -0.395 e. The third-order valence-electron chi connectivity index (χ3n) is 2.55. The summed E-state index contributed by atoms with van der Waals surface area (Å²) in [5, 5.41) is 13.5. The fourth-order valence-electron chi connectivity index (χ4n) is 1.75. The number of aliphatic hydroxyl groups is 1. The zero-order valence-corrected chi connectivity index (χ0v) is 12.0. The molecule has 0 unspecified atom stereocenters. The molecule has 2 aromatic rings. The first kappa shape index (κ1) is 14.3. The van der Waals surface area contributed by atoms with Crippen molar-refractivity contribution in [2.24, 2.45) is 0 Å². The second kappa shape index (κ2) is 6.90. The highest BCUT2D eigenvalue weighted by molar-refractivity contribution is 7.12. The first-order valence-electron chi connectivity index (χ1n) is 6.25. The van der Waals surface area contributed by atoms with Crippen LogP contribution < -0.4 is 5.32 Å². The minimum absolute atomic E-state index is 0.0563. The Bertz CT molecular complexity index is 651. The predicted molar refractivity (Wildman–Crippen MR) is 82.0 cm³/mol. The molecule has 0 saturated heterocycles. The number of amides is 1. The van der Waals surface area contributed by atoms with Crippen LogP contribution in [-0.4, -0.2) is 17.6 Å². The molecule has 3 nitrogen and oxygen atoms in total. The van der Waals surface area contributed by atoms with Crippen molar-refractivity contribution < 1.29 is 9.90 Å². The van der Waals surface area contributed by atoms with E-state index in [0.717, 1.165) is 16.8 Å². The van der Waals surface area contributed by atoms with Crippen LogP contribution in [0.3, 0.4) is 0 Å². The second-order valence-corrected chi connectivity index (χ2v) is 5.24. The number of nitrogens with one attached hydrogen (secondary N) is 1. The smallest absolute Gasteiger partial charge is 0.265 e. The first-order valence-corrected chi connectivity index (χ1v) is 7.13. The Kier molecular flexibility index (Phi) is 4.94. The van der Waals surface area contributed by atoms with E-state index in [0.29, 0.717) is 11.3 Å². The van der Waals surface area contributed by atoms with E-state index in [1.165, 1.54) is 11.3 Å². The van der Waals surface area contributed by atoms with Crippen molar-refractivity contribution in [2.45, 2.75) is 13.3 Å². The van der Waals surface area contributed by atoms with E-state index in [4.69, 9.17) is 5.11 Å². The van der Waals surface area contributed by atoms with Gasteiger partial charge in [-0.1, -0.05) is 17.9 Å². The number of anilines is 1. The van der Waals surface area contributed by atoms with Crippen LogP contribution in [0.25, 0.3) is 0 Å². The van der Waals surface area contributed by atoms with Gasteiger partial charge in [0.2, 0.25) is 0 Å². The highest BCUT2D eigenvalue weighted by Gasteiger charge is 2.07. The van der Waals surface area contributed by atoms with Crippen LogP contribution in [-0.2, 0) is 0 Å². The molecule has 0 atom stereocenters. The number of thiophene rings is 1. The fraction of sp³-hybridized carbons (Fsp3) is 0.188. The SMILES string of the molecule is Cc1cc(C#CCCO)cc(NC(=O)c2cccs2)c1. The van der Waals surface area contributed by atoms with Gasteiger partial charge in [-0.15, -0.1) is 11.3 Å². The molecule has 1 aromatic carbocycles. The molecular formula is C16H15NO2S. The lowest BCUT2D eigenvalue weighted by Gasteiger charge is -2.06. The highest BCUT2D eigenvalue weighted by Crippen LogP contribution is 2.16. The minimum atomic E-state index is -0.111. The van der Waals surface area contributed by atoms with Crippen molar-refractivity contribution in [3.8, 4) is 11.8 Å². The Morgan fingerprint density at radius 3 is 2.95 bits per heavy atom.